The van der Waals surface area contributed by atoms with Gasteiger partial charge in [-0.1, -0.05) is 24.5 Å². The summed E-state index contributed by atoms with van der Waals surface area (Å²) in [4.78, 5) is 24.6. The Hall–Kier alpha value is -1.53. The molecule has 0 radical (unpaired) electrons. The normalized spacial score (nSPS) is 16.3. The molecular formula is C17H23NO4S. The summed E-state index contributed by atoms with van der Waals surface area (Å²) in [6, 6.07) is 4.72. The van der Waals surface area contributed by atoms with Crippen LogP contribution in [0, 0.1) is 6.92 Å². The molecule has 0 saturated heterocycles. The number of rotatable bonds is 7. The van der Waals surface area contributed by atoms with Crippen LogP contribution in [0.2, 0.25) is 0 Å². The van der Waals surface area contributed by atoms with Gasteiger partial charge in [-0.15, -0.1) is 11.8 Å². The van der Waals surface area contributed by atoms with E-state index in [9.17, 15) is 9.59 Å². The van der Waals surface area contributed by atoms with Crippen molar-refractivity contribution in [1.82, 2.24) is 5.32 Å². The number of nitrogens with one attached hydrogen (secondary N) is 1. The Kier molecular flexibility index (Phi) is 6.47. The van der Waals surface area contributed by atoms with Crippen LogP contribution in [0.25, 0.3) is 0 Å². The van der Waals surface area contributed by atoms with Crippen LogP contribution in [0.1, 0.15) is 41.6 Å². The van der Waals surface area contributed by atoms with Crippen molar-refractivity contribution in [3.63, 3.8) is 0 Å². The number of hydrogen-bond acceptors (Lipinski definition) is 4. The van der Waals surface area contributed by atoms with Gasteiger partial charge in [-0.2, -0.15) is 0 Å². The minimum absolute atomic E-state index is 0.0575. The zero-order valence-corrected chi connectivity index (χ0v) is 14.3. The Morgan fingerprint density at radius 2 is 2.09 bits per heavy atom. The third-order valence-electron chi connectivity index (χ3n) is 3.91. The van der Waals surface area contributed by atoms with E-state index in [1.165, 1.54) is 32.8 Å². The summed E-state index contributed by atoms with van der Waals surface area (Å²) in [5, 5.41) is 12.2. The Bertz CT molecular complexity index is 570. The van der Waals surface area contributed by atoms with Gasteiger partial charge in [0.1, 0.15) is 0 Å². The molecule has 1 amide bonds. The van der Waals surface area contributed by atoms with Crippen molar-refractivity contribution in [3.05, 3.63) is 29.3 Å². The van der Waals surface area contributed by atoms with Gasteiger partial charge in [0, 0.05) is 17.3 Å². The van der Waals surface area contributed by atoms with Crippen molar-refractivity contribution in [1.29, 1.82) is 0 Å². The second-order valence-electron chi connectivity index (χ2n) is 5.84. The van der Waals surface area contributed by atoms with Crippen LogP contribution in [0.5, 0.6) is 0 Å². The van der Waals surface area contributed by atoms with Gasteiger partial charge >= 0.3 is 5.97 Å². The number of aliphatic carboxylic acids is 1. The summed E-state index contributed by atoms with van der Waals surface area (Å²) in [5.41, 5.74) is 1.52. The summed E-state index contributed by atoms with van der Waals surface area (Å²) < 4.78 is 4.86. The summed E-state index contributed by atoms with van der Waals surface area (Å²) in [6.07, 6.45) is 4.81. The predicted octanol–water partition coefficient (Wildman–Crippen LogP) is 2.86. The van der Waals surface area contributed by atoms with Crippen LogP contribution in [0.4, 0.5) is 0 Å². The van der Waals surface area contributed by atoms with Crippen molar-refractivity contribution < 1.29 is 19.4 Å². The molecule has 1 aromatic carbocycles. The van der Waals surface area contributed by atoms with Gasteiger partial charge < -0.3 is 15.2 Å². The lowest BCUT2D eigenvalue weighted by atomic mass is 10.1. The Morgan fingerprint density at radius 1 is 1.39 bits per heavy atom. The van der Waals surface area contributed by atoms with Crippen LogP contribution >= 0.6 is 11.8 Å². The molecule has 1 aliphatic rings. The third-order valence-corrected chi connectivity index (χ3v) is 5.33. The minimum atomic E-state index is -1.10. The number of methoxy groups -OCH3 is 1. The van der Waals surface area contributed by atoms with Crippen molar-refractivity contribution >= 4 is 23.6 Å². The number of carbonyl (C=O) groups is 2. The van der Waals surface area contributed by atoms with Gasteiger partial charge in [0.05, 0.1) is 12.2 Å². The number of hydrogen-bond donors (Lipinski definition) is 2. The number of amides is 1. The molecule has 126 valence electrons. The zero-order chi connectivity index (χ0) is 16.8. The molecule has 0 aliphatic heterocycles. The topological polar surface area (TPSA) is 75.6 Å². The van der Waals surface area contributed by atoms with Crippen molar-refractivity contribution in [2.45, 2.75) is 48.8 Å². The highest BCUT2D eigenvalue weighted by Crippen LogP contribution is 2.36. The Balaban J connectivity index is 2.16. The molecule has 0 bridgehead atoms. The van der Waals surface area contributed by atoms with E-state index in [-0.39, 0.29) is 12.5 Å². The van der Waals surface area contributed by atoms with Crippen LogP contribution in [-0.2, 0) is 9.53 Å². The molecular weight excluding hydrogens is 314 g/mol. The van der Waals surface area contributed by atoms with E-state index < -0.39 is 12.0 Å². The Labute approximate surface area is 140 Å². The molecule has 1 aromatic rings. The smallest absolute Gasteiger partial charge is 0.328 e. The first kappa shape index (κ1) is 17.8. The molecule has 0 heterocycles. The summed E-state index contributed by atoms with van der Waals surface area (Å²) >= 11 is 1.72. The molecule has 23 heavy (non-hydrogen) atoms. The number of carboxylic acid groups (broad SMARTS) is 1. The van der Waals surface area contributed by atoms with Crippen LogP contribution < -0.4 is 5.32 Å². The molecule has 6 heteroatoms. The molecule has 1 unspecified atom stereocenters. The van der Waals surface area contributed by atoms with E-state index in [0.29, 0.717) is 10.8 Å². The summed E-state index contributed by atoms with van der Waals surface area (Å²) in [5.74, 6) is -1.46. The van der Waals surface area contributed by atoms with Gasteiger partial charge in [0.2, 0.25) is 0 Å². The quantitative estimate of drug-likeness (QED) is 0.800. The first-order valence-electron chi connectivity index (χ1n) is 7.81. The van der Waals surface area contributed by atoms with E-state index >= 15 is 0 Å². The first-order valence-corrected chi connectivity index (χ1v) is 8.69. The van der Waals surface area contributed by atoms with Gasteiger partial charge in [-0.25, -0.2) is 4.79 Å². The number of carboxylic acids is 1. The molecule has 1 atom stereocenters. The monoisotopic (exact) mass is 337 g/mol. The molecule has 1 fully saturated rings. The predicted molar refractivity (Wildman–Crippen MR) is 90.1 cm³/mol. The number of aryl methyl sites for hydroxylation is 1. The molecule has 2 rings (SSSR count). The summed E-state index contributed by atoms with van der Waals surface area (Å²) in [6.45, 7) is 1.86. The van der Waals surface area contributed by atoms with Crippen LogP contribution in [0.15, 0.2) is 23.1 Å². The second kappa shape index (κ2) is 8.36. The largest absolute Gasteiger partial charge is 0.480 e. The third kappa shape index (κ3) is 4.97. The molecule has 1 saturated carbocycles. The van der Waals surface area contributed by atoms with Crippen LogP contribution in [-0.4, -0.2) is 42.0 Å². The second-order valence-corrected chi connectivity index (χ2v) is 7.19. The number of benzene rings is 1. The molecule has 2 N–H and O–H groups in total. The highest BCUT2D eigenvalue weighted by molar-refractivity contribution is 8.00. The van der Waals surface area contributed by atoms with E-state index in [1.54, 1.807) is 11.8 Å². The van der Waals surface area contributed by atoms with Gasteiger partial charge in [-0.3, -0.25) is 4.79 Å². The van der Waals surface area contributed by atoms with E-state index in [4.69, 9.17) is 9.84 Å². The van der Waals surface area contributed by atoms with Crippen molar-refractivity contribution in [2.24, 2.45) is 0 Å². The summed E-state index contributed by atoms with van der Waals surface area (Å²) in [7, 11) is 1.41. The molecule has 0 aromatic heterocycles. The number of ether oxygens (including phenoxy) is 1. The molecule has 1 aliphatic carbocycles. The lowest BCUT2D eigenvalue weighted by molar-refractivity contribution is -0.140. The van der Waals surface area contributed by atoms with Crippen molar-refractivity contribution in [3.8, 4) is 0 Å². The Morgan fingerprint density at radius 3 is 2.70 bits per heavy atom. The molecule has 0 spiro atoms. The SMILES string of the molecule is COCC(NC(=O)c1cc(C)ccc1SC1CCCC1)C(=O)O. The van der Waals surface area contributed by atoms with E-state index in [0.717, 1.165) is 10.5 Å². The lowest BCUT2D eigenvalue weighted by Crippen LogP contribution is -2.44. The maximum Gasteiger partial charge on any atom is 0.328 e. The zero-order valence-electron chi connectivity index (χ0n) is 13.5. The van der Waals surface area contributed by atoms with E-state index in [2.05, 4.69) is 5.32 Å². The fraction of sp³-hybridized carbons (Fsp3) is 0.529. The van der Waals surface area contributed by atoms with Gasteiger partial charge in [0.25, 0.3) is 5.91 Å². The highest BCUT2D eigenvalue weighted by atomic mass is 32.2. The average Bonchev–Trinajstić information content (AvgIpc) is 3.01. The van der Waals surface area contributed by atoms with Crippen LogP contribution in [0.3, 0.4) is 0 Å². The fourth-order valence-electron chi connectivity index (χ4n) is 2.69. The standard InChI is InChI=1S/C17H23NO4S/c1-11-7-8-15(23-12-5-3-4-6-12)13(9-11)16(19)18-14(10-22-2)17(20)21/h7-9,12,14H,3-6,10H2,1-2H3,(H,18,19)(H,20,21). The maximum absolute atomic E-state index is 12.5. The highest BCUT2D eigenvalue weighted by Gasteiger charge is 2.24. The van der Waals surface area contributed by atoms with Gasteiger partial charge in [0.15, 0.2) is 6.04 Å². The number of thioether (sulfide) groups is 1. The van der Waals surface area contributed by atoms with Crippen molar-refractivity contribution in [2.75, 3.05) is 13.7 Å². The van der Waals surface area contributed by atoms with E-state index in [1.807, 2.05) is 25.1 Å². The van der Waals surface area contributed by atoms with Gasteiger partial charge in [-0.05, 0) is 31.9 Å². The first-order chi connectivity index (χ1) is 11.0. The number of carbonyl (C=O) groups excluding carboxylic acids is 1. The molecule has 5 nitrogen and oxygen atoms in total. The average molecular weight is 337 g/mol. The lowest BCUT2D eigenvalue weighted by Gasteiger charge is -2.17. The fourth-order valence-corrected chi connectivity index (χ4v) is 4.04. The maximum atomic E-state index is 12.5. The minimum Gasteiger partial charge on any atom is -0.480 e.